The molecule has 1 atom stereocenters. The van der Waals surface area contributed by atoms with Crippen LogP contribution in [0.2, 0.25) is 0 Å². The van der Waals surface area contributed by atoms with E-state index in [0.717, 1.165) is 12.8 Å². The fraction of sp³-hybridized carbons (Fsp3) is 0.625. The first-order valence-electron chi connectivity index (χ1n) is 7.27. The predicted octanol–water partition coefficient (Wildman–Crippen LogP) is 3.74. The summed E-state index contributed by atoms with van der Waals surface area (Å²) in [7, 11) is 1.89. The molecule has 0 amide bonds. The highest BCUT2D eigenvalue weighted by atomic mass is 19.3. The average Bonchev–Trinajstić information content (AvgIpc) is 2.46. The smallest absolute Gasteiger partial charge is 0.261 e. The summed E-state index contributed by atoms with van der Waals surface area (Å²) < 4.78 is 29.0. The average molecular weight is 285 g/mol. The molecule has 0 saturated carbocycles. The van der Waals surface area contributed by atoms with Gasteiger partial charge in [-0.3, -0.25) is 0 Å². The van der Waals surface area contributed by atoms with Gasteiger partial charge < -0.3 is 10.1 Å². The van der Waals surface area contributed by atoms with Crippen LogP contribution in [0.3, 0.4) is 0 Å². The molecule has 0 radical (unpaired) electrons. The molecule has 1 unspecified atom stereocenters. The van der Waals surface area contributed by atoms with Gasteiger partial charge in [0, 0.05) is 12.6 Å². The number of hydrogen-bond donors (Lipinski definition) is 1. The monoisotopic (exact) mass is 285 g/mol. The van der Waals surface area contributed by atoms with Gasteiger partial charge in [-0.15, -0.1) is 0 Å². The van der Waals surface area contributed by atoms with Crippen LogP contribution in [0.1, 0.15) is 43.0 Å². The molecule has 0 aromatic heterocycles. The summed E-state index contributed by atoms with van der Waals surface area (Å²) in [6.45, 7) is 4.17. The zero-order valence-corrected chi connectivity index (χ0v) is 12.6. The van der Waals surface area contributed by atoms with Crippen molar-refractivity contribution in [2.75, 3.05) is 20.3 Å². The van der Waals surface area contributed by atoms with Gasteiger partial charge in [0.2, 0.25) is 0 Å². The first-order chi connectivity index (χ1) is 9.62. The van der Waals surface area contributed by atoms with E-state index in [-0.39, 0.29) is 6.04 Å². The van der Waals surface area contributed by atoms with Crippen LogP contribution in [0.4, 0.5) is 8.78 Å². The molecule has 1 N–H and O–H groups in total. The maximum Gasteiger partial charge on any atom is 0.261 e. The Balaban J connectivity index is 2.64. The highest BCUT2D eigenvalue weighted by Crippen LogP contribution is 2.21. The van der Waals surface area contributed by atoms with E-state index in [2.05, 4.69) is 37.4 Å². The van der Waals surface area contributed by atoms with E-state index in [1.165, 1.54) is 16.7 Å². The summed E-state index contributed by atoms with van der Waals surface area (Å²) in [6, 6.07) is 6.64. The zero-order chi connectivity index (χ0) is 15.0. The highest BCUT2D eigenvalue weighted by Gasteiger charge is 2.11. The van der Waals surface area contributed by atoms with E-state index in [1.54, 1.807) is 0 Å². The van der Waals surface area contributed by atoms with Crippen molar-refractivity contribution in [1.29, 1.82) is 0 Å². The molecule has 1 aromatic carbocycles. The van der Waals surface area contributed by atoms with E-state index in [0.29, 0.717) is 13.0 Å². The molecule has 0 saturated heterocycles. The Morgan fingerprint density at radius 3 is 2.40 bits per heavy atom. The standard InChI is InChI=1S/C16H25F2NO/c1-4-12-6-7-14(10-13(12)5-2)15(19-3)8-9-20-11-16(17)18/h6-7,10,15-16,19H,4-5,8-9,11H2,1-3H3. The van der Waals surface area contributed by atoms with Gasteiger partial charge in [0.05, 0.1) is 0 Å². The van der Waals surface area contributed by atoms with Crippen LogP contribution in [0, 0.1) is 0 Å². The topological polar surface area (TPSA) is 21.3 Å². The highest BCUT2D eigenvalue weighted by molar-refractivity contribution is 5.33. The molecule has 0 aliphatic carbocycles. The van der Waals surface area contributed by atoms with Crippen molar-refractivity contribution in [3.05, 3.63) is 34.9 Å². The summed E-state index contributed by atoms with van der Waals surface area (Å²) in [5.74, 6) is 0. The minimum Gasteiger partial charge on any atom is -0.375 e. The number of rotatable bonds is 9. The van der Waals surface area contributed by atoms with Crippen molar-refractivity contribution < 1.29 is 13.5 Å². The van der Waals surface area contributed by atoms with Crippen LogP contribution in [-0.4, -0.2) is 26.7 Å². The largest absolute Gasteiger partial charge is 0.375 e. The Bertz CT molecular complexity index is 396. The number of nitrogens with one attached hydrogen (secondary N) is 1. The second-order valence-electron chi connectivity index (χ2n) is 4.83. The van der Waals surface area contributed by atoms with Crippen LogP contribution in [0.15, 0.2) is 18.2 Å². The third-order valence-corrected chi connectivity index (χ3v) is 3.54. The normalized spacial score (nSPS) is 12.9. The van der Waals surface area contributed by atoms with Crippen molar-refractivity contribution in [3.8, 4) is 0 Å². The van der Waals surface area contributed by atoms with Gasteiger partial charge in [-0.2, -0.15) is 0 Å². The van der Waals surface area contributed by atoms with Crippen LogP contribution >= 0.6 is 0 Å². The molecule has 0 aliphatic rings. The van der Waals surface area contributed by atoms with Crippen LogP contribution in [-0.2, 0) is 17.6 Å². The number of benzene rings is 1. The molecule has 0 spiro atoms. The summed E-state index contributed by atoms with van der Waals surface area (Å²) in [4.78, 5) is 0. The predicted molar refractivity (Wildman–Crippen MR) is 78.4 cm³/mol. The van der Waals surface area contributed by atoms with Gasteiger partial charge in [0.15, 0.2) is 0 Å². The summed E-state index contributed by atoms with van der Waals surface area (Å²) in [6.07, 6.45) is 0.344. The van der Waals surface area contributed by atoms with Crippen molar-refractivity contribution in [1.82, 2.24) is 5.32 Å². The minimum absolute atomic E-state index is 0.142. The van der Waals surface area contributed by atoms with Crippen LogP contribution < -0.4 is 5.32 Å². The van der Waals surface area contributed by atoms with Gasteiger partial charge in [0.1, 0.15) is 6.61 Å². The fourth-order valence-electron chi connectivity index (χ4n) is 2.39. The molecule has 0 bridgehead atoms. The van der Waals surface area contributed by atoms with Crippen molar-refractivity contribution >= 4 is 0 Å². The maximum absolute atomic E-state index is 12.0. The summed E-state index contributed by atoms with van der Waals surface area (Å²) >= 11 is 0. The van der Waals surface area contributed by atoms with Crippen molar-refractivity contribution in [2.45, 2.75) is 45.6 Å². The molecule has 20 heavy (non-hydrogen) atoms. The first kappa shape index (κ1) is 17.1. The van der Waals surface area contributed by atoms with Crippen LogP contribution in [0.25, 0.3) is 0 Å². The first-order valence-corrected chi connectivity index (χ1v) is 7.27. The molecule has 2 nitrogen and oxygen atoms in total. The van der Waals surface area contributed by atoms with E-state index >= 15 is 0 Å². The van der Waals surface area contributed by atoms with E-state index in [4.69, 9.17) is 4.74 Å². The van der Waals surface area contributed by atoms with Gasteiger partial charge in [-0.25, -0.2) is 8.78 Å². The Labute approximate surface area is 120 Å². The minimum atomic E-state index is -2.39. The number of alkyl halides is 2. The molecule has 1 rings (SSSR count). The lowest BCUT2D eigenvalue weighted by molar-refractivity contribution is 0.0145. The Hall–Kier alpha value is -1.00. The quantitative estimate of drug-likeness (QED) is 0.698. The fourth-order valence-corrected chi connectivity index (χ4v) is 2.39. The molecule has 4 heteroatoms. The number of aryl methyl sites for hydroxylation is 2. The van der Waals surface area contributed by atoms with Gasteiger partial charge in [-0.1, -0.05) is 32.0 Å². The van der Waals surface area contributed by atoms with Crippen molar-refractivity contribution in [2.24, 2.45) is 0 Å². The molecule has 114 valence electrons. The third kappa shape index (κ3) is 5.17. The Morgan fingerprint density at radius 2 is 1.85 bits per heavy atom. The molecular weight excluding hydrogens is 260 g/mol. The number of hydrogen-bond acceptors (Lipinski definition) is 2. The lowest BCUT2D eigenvalue weighted by Gasteiger charge is -2.19. The number of halogens is 2. The molecule has 0 fully saturated rings. The Kier molecular flexibility index (Phi) is 7.70. The molecular formula is C16H25F2NO. The zero-order valence-electron chi connectivity index (χ0n) is 12.6. The van der Waals surface area contributed by atoms with E-state index in [9.17, 15) is 8.78 Å². The number of ether oxygens (including phenoxy) is 1. The molecule has 1 aromatic rings. The van der Waals surface area contributed by atoms with Gasteiger partial charge in [0.25, 0.3) is 6.43 Å². The second kappa shape index (κ2) is 9.03. The Morgan fingerprint density at radius 1 is 1.15 bits per heavy atom. The second-order valence-corrected chi connectivity index (χ2v) is 4.83. The molecule has 0 aliphatic heterocycles. The van der Waals surface area contributed by atoms with E-state index < -0.39 is 13.0 Å². The van der Waals surface area contributed by atoms with Crippen LogP contribution in [0.5, 0.6) is 0 Å². The van der Waals surface area contributed by atoms with Gasteiger partial charge >= 0.3 is 0 Å². The van der Waals surface area contributed by atoms with Crippen molar-refractivity contribution in [3.63, 3.8) is 0 Å². The van der Waals surface area contributed by atoms with E-state index in [1.807, 2.05) is 7.05 Å². The summed E-state index contributed by atoms with van der Waals surface area (Å²) in [5.41, 5.74) is 3.93. The lowest BCUT2D eigenvalue weighted by Crippen LogP contribution is -2.19. The summed E-state index contributed by atoms with van der Waals surface area (Å²) in [5, 5.41) is 3.23. The van der Waals surface area contributed by atoms with Gasteiger partial charge in [-0.05, 0) is 43.0 Å². The maximum atomic E-state index is 12.0. The lowest BCUT2D eigenvalue weighted by atomic mass is 9.95. The molecule has 0 heterocycles. The third-order valence-electron chi connectivity index (χ3n) is 3.54. The SMILES string of the molecule is CCc1ccc(C(CCOCC(F)F)NC)cc1CC.